The zero-order chi connectivity index (χ0) is 26.2. The third-order valence-corrected chi connectivity index (χ3v) is 4.27. The molecule has 6 N–H and O–H groups in total. The molecule has 1 atom stereocenters. The van der Waals surface area contributed by atoms with E-state index in [-0.39, 0.29) is 36.6 Å². The molecule has 2 rings (SSSR count). The van der Waals surface area contributed by atoms with Crippen LogP contribution in [-0.2, 0) is 17.8 Å². The summed E-state index contributed by atoms with van der Waals surface area (Å²) in [5.41, 5.74) is 5.32. The zero-order valence-electron chi connectivity index (χ0n) is 18.4. The van der Waals surface area contributed by atoms with E-state index in [1.165, 1.54) is 13.2 Å². The monoisotopic (exact) mass is 506 g/mol. The summed E-state index contributed by atoms with van der Waals surface area (Å²) >= 11 is 0. The van der Waals surface area contributed by atoms with Gasteiger partial charge in [0.15, 0.2) is 5.69 Å². The van der Waals surface area contributed by atoms with Crippen LogP contribution in [0.4, 0.5) is 22.0 Å². The Morgan fingerprint density at radius 3 is 2.71 bits per heavy atom. The first-order valence-corrected chi connectivity index (χ1v) is 9.95. The molecular weight excluding hydrogens is 483 g/mol. The highest BCUT2D eigenvalue weighted by Crippen LogP contribution is 2.24. The molecule has 1 aromatic heterocycles. The first-order valence-electron chi connectivity index (χ1n) is 9.95. The Hall–Kier alpha value is -3.95. The van der Waals surface area contributed by atoms with E-state index >= 15 is 0 Å². The molecule has 16 heteroatoms. The van der Waals surface area contributed by atoms with Crippen molar-refractivity contribution >= 4 is 11.8 Å². The van der Waals surface area contributed by atoms with Gasteiger partial charge in [-0.1, -0.05) is 5.21 Å². The van der Waals surface area contributed by atoms with Gasteiger partial charge in [0.25, 0.3) is 5.91 Å². The SMILES string of the molecule is CNC(=O)c1cn(CC(F)CCN(N)/C=C(\N)NC(=O)Cc2cc(OC(F)(F)F)ccc2F)nn1. The van der Waals surface area contributed by atoms with E-state index in [4.69, 9.17) is 11.6 Å². The van der Waals surface area contributed by atoms with E-state index in [0.717, 1.165) is 34.1 Å². The van der Waals surface area contributed by atoms with Crippen molar-refractivity contribution in [1.29, 1.82) is 0 Å². The van der Waals surface area contributed by atoms with Crippen LogP contribution in [0.15, 0.2) is 36.4 Å². The predicted molar refractivity (Wildman–Crippen MR) is 111 cm³/mol. The fourth-order valence-electron chi connectivity index (χ4n) is 2.74. The zero-order valence-corrected chi connectivity index (χ0v) is 18.4. The second kappa shape index (κ2) is 12.0. The minimum Gasteiger partial charge on any atom is -0.406 e. The minimum atomic E-state index is -4.97. The number of hydrogen-bond donors (Lipinski definition) is 4. The number of nitrogens with two attached hydrogens (primary N) is 2. The summed E-state index contributed by atoms with van der Waals surface area (Å²) in [5, 5.41) is 12.8. The van der Waals surface area contributed by atoms with E-state index in [1.54, 1.807) is 0 Å². The van der Waals surface area contributed by atoms with Gasteiger partial charge < -0.3 is 26.1 Å². The first kappa shape index (κ1) is 27.3. The largest absolute Gasteiger partial charge is 0.573 e. The van der Waals surface area contributed by atoms with Crippen molar-refractivity contribution in [1.82, 2.24) is 30.6 Å². The Labute approximate surface area is 195 Å². The molecule has 0 bridgehead atoms. The van der Waals surface area contributed by atoms with Gasteiger partial charge in [-0.05, 0) is 24.6 Å². The molecule has 2 amide bonds. The summed E-state index contributed by atoms with van der Waals surface area (Å²) in [6.07, 6.45) is -4.71. The molecule has 35 heavy (non-hydrogen) atoms. The number of aromatic nitrogens is 3. The maximum atomic E-state index is 14.2. The third kappa shape index (κ3) is 9.44. The number of ether oxygens (including phenoxy) is 1. The molecule has 0 spiro atoms. The molecule has 1 aromatic carbocycles. The highest BCUT2D eigenvalue weighted by atomic mass is 19.4. The number of alkyl halides is 4. The van der Waals surface area contributed by atoms with Gasteiger partial charge in [-0.25, -0.2) is 19.3 Å². The van der Waals surface area contributed by atoms with Gasteiger partial charge in [0, 0.05) is 19.2 Å². The van der Waals surface area contributed by atoms with Gasteiger partial charge >= 0.3 is 6.36 Å². The molecule has 0 aliphatic carbocycles. The van der Waals surface area contributed by atoms with E-state index in [9.17, 15) is 31.5 Å². The molecule has 0 aliphatic rings. The Bertz CT molecular complexity index is 1060. The van der Waals surface area contributed by atoms with Crippen molar-refractivity contribution < 1.29 is 36.3 Å². The normalized spacial score (nSPS) is 12.7. The molecule has 0 saturated carbocycles. The number of benzene rings is 1. The average Bonchev–Trinajstić information content (AvgIpc) is 3.21. The summed E-state index contributed by atoms with van der Waals surface area (Å²) in [5.74, 6) is 2.53. The fraction of sp³-hybridized carbons (Fsp3) is 0.368. The van der Waals surface area contributed by atoms with Crippen molar-refractivity contribution in [2.24, 2.45) is 11.6 Å². The van der Waals surface area contributed by atoms with E-state index in [2.05, 4.69) is 25.7 Å². The summed E-state index contributed by atoms with van der Waals surface area (Å²) < 4.78 is 69.8. The molecule has 11 nitrogen and oxygen atoms in total. The van der Waals surface area contributed by atoms with Gasteiger partial charge in [0.05, 0.1) is 25.4 Å². The molecule has 2 aromatic rings. The van der Waals surface area contributed by atoms with E-state index in [1.807, 2.05) is 0 Å². The average molecular weight is 506 g/mol. The Morgan fingerprint density at radius 2 is 2.06 bits per heavy atom. The predicted octanol–water partition coefficient (Wildman–Crippen LogP) is 0.696. The van der Waals surface area contributed by atoms with Crippen LogP contribution in [0.2, 0.25) is 0 Å². The molecule has 0 saturated heterocycles. The van der Waals surface area contributed by atoms with Gasteiger partial charge in [0.1, 0.15) is 23.6 Å². The topological polar surface area (TPSA) is 153 Å². The third-order valence-electron chi connectivity index (χ3n) is 4.27. The molecule has 0 aliphatic heterocycles. The first-order chi connectivity index (χ1) is 16.4. The van der Waals surface area contributed by atoms with Crippen molar-refractivity contribution in [3.8, 4) is 5.75 Å². The number of carbonyl (C=O) groups is 2. The van der Waals surface area contributed by atoms with Crippen LogP contribution < -0.4 is 26.9 Å². The van der Waals surface area contributed by atoms with Crippen LogP contribution in [0, 0.1) is 5.82 Å². The van der Waals surface area contributed by atoms with Crippen LogP contribution >= 0.6 is 0 Å². The number of rotatable bonds is 11. The number of halogens is 5. The summed E-state index contributed by atoms with van der Waals surface area (Å²) in [6, 6.07) is 2.24. The Kier molecular flexibility index (Phi) is 9.33. The minimum absolute atomic E-state index is 0.0276. The van der Waals surface area contributed by atoms with Crippen LogP contribution in [-0.4, -0.2) is 57.9 Å². The molecule has 192 valence electrons. The van der Waals surface area contributed by atoms with Crippen molar-refractivity contribution in [2.45, 2.75) is 31.9 Å². The number of carbonyl (C=O) groups excluding carboxylic acids is 2. The number of hydrogen-bond acceptors (Lipinski definition) is 8. The highest BCUT2D eigenvalue weighted by Gasteiger charge is 2.31. The van der Waals surface area contributed by atoms with Crippen LogP contribution in [0.5, 0.6) is 5.75 Å². The van der Waals surface area contributed by atoms with Gasteiger partial charge in [0.2, 0.25) is 5.91 Å². The summed E-state index contributed by atoms with van der Waals surface area (Å²) in [4.78, 5) is 23.5. The lowest BCUT2D eigenvalue weighted by molar-refractivity contribution is -0.274. The van der Waals surface area contributed by atoms with Gasteiger partial charge in [-0.15, -0.1) is 18.3 Å². The number of nitrogens with one attached hydrogen (secondary N) is 2. The molecular formula is C19H23F5N8O3. The molecule has 1 heterocycles. The fourth-order valence-corrected chi connectivity index (χ4v) is 2.74. The Morgan fingerprint density at radius 1 is 1.34 bits per heavy atom. The number of hydrazine groups is 1. The highest BCUT2D eigenvalue weighted by molar-refractivity contribution is 5.91. The summed E-state index contributed by atoms with van der Waals surface area (Å²) in [7, 11) is 1.42. The number of nitrogens with zero attached hydrogens (tertiary/aromatic N) is 4. The molecule has 0 radical (unpaired) electrons. The second-order valence-corrected chi connectivity index (χ2v) is 7.14. The van der Waals surface area contributed by atoms with Crippen molar-refractivity contribution in [2.75, 3.05) is 13.6 Å². The Balaban J connectivity index is 1.83. The summed E-state index contributed by atoms with van der Waals surface area (Å²) in [6.45, 7) is -0.212. The van der Waals surface area contributed by atoms with Crippen molar-refractivity contribution in [3.05, 3.63) is 53.5 Å². The molecule has 0 fully saturated rings. The number of amides is 2. The second-order valence-electron chi connectivity index (χ2n) is 7.14. The molecule has 1 unspecified atom stereocenters. The maximum Gasteiger partial charge on any atom is 0.573 e. The van der Waals surface area contributed by atoms with Crippen LogP contribution in [0.3, 0.4) is 0 Å². The quantitative estimate of drug-likeness (QED) is 0.197. The maximum absolute atomic E-state index is 14.2. The standard InChI is InChI=1S/C19H23F5N8O3/c1-27-18(34)15-9-32(30-29-15)8-12(20)4-5-31(26)10-16(25)28-17(33)7-11-6-13(2-3-14(11)21)35-19(22,23)24/h2-3,6,9-10,12H,4-5,7-8,25-26H2,1H3,(H,27,34)(H,28,33)/b16-10+. The van der Waals surface area contributed by atoms with E-state index in [0.29, 0.717) is 0 Å². The van der Waals surface area contributed by atoms with Crippen LogP contribution in [0.25, 0.3) is 0 Å². The van der Waals surface area contributed by atoms with E-state index < -0.39 is 42.3 Å². The lowest BCUT2D eigenvalue weighted by Crippen LogP contribution is -2.35. The lowest BCUT2D eigenvalue weighted by Gasteiger charge is -2.17. The smallest absolute Gasteiger partial charge is 0.406 e. The van der Waals surface area contributed by atoms with Gasteiger partial charge in [-0.3, -0.25) is 9.59 Å². The van der Waals surface area contributed by atoms with Crippen molar-refractivity contribution in [3.63, 3.8) is 0 Å². The van der Waals surface area contributed by atoms with Crippen LogP contribution in [0.1, 0.15) is 22.5 Å². The van der Waals surface area contributed by atoms with Gasteiger partial charge in [-0.2, -0.15) is 0 Å². The lowest BCUT2D eigenvalue weighted by atomic mass is 10.1.